The Kier molecular flexibility index (Phi) is 1.82. The van der Waals surface area contributed by atoms with E-state index in [1.807, 2.05) is 0 Å². The number of aliphatic hydroxyl groups excluding tert-OH is 1. The Labute approximate surface area is 56.1 Å². The normalized spacial score (nSPS) is 9.80. The number of pyridine rings is 1. The van der Waals surface area contributed by atoms with Gasteiger partial charge in [0.25, 0.3) is 5.56 Å². The molecule has 1 aromatic heterocycles. The number of aliphatic hydroxyl groups is 1. The molecule has 3 nitrogen and oxygen atoms in total. The average Bonchev–Trinajstić information content (AvgIpc) is 1.95. The third-order valence-corrected chi connectivity index (χ3v) is 1.09. The number of rotatable bonds is 1. The van der Waals surface area contributed by atoms with Gasteiger partial charge in [0, 0.05) is 5.69 Å². The van der Waals surface area contributed by atoms with Gasteiger partial charge < -0.3 is 10.1 Å². The lowest BCUT2D eigenvalue weighted by Crippen LogP contribution is -2.11. The van der Waals surface area contributed by atoms with E-state index in [0.717, 1.165) is 6.07 Å². The molecule has 0 bridgehead atoms. The van der Waals surface area contributed by atoms with Crippen LogP contribution in [0.15, 0.2) is 16.9 Å². The van der Waals surface area contributed by atoms with Crippen molar-refractivity contribution in [3.63, 3.8) is 0 Å². The van der Waals surface area contributed by atoms with Gasteiger partial charge in [-0.1, -0.05) is 0 Å². The number of halogens is 1. The zero-order chi connectivity index (χ0) is 7.56. The van der Waals surface area contributed by atoms with Crippen LogP contribution in [0.5, 0.6) is 0 Å². The standard InChI is InChI=1S/C6H6FNO2/c7-5-2-1-4(3-9)8-6(5)10/h1-2,9H,3H2,(H,8,10). The summed E-state index contributed by atoms with van der Waals surface area (Å²) >= 11 is 0. The highest BCUT2D eigenvalue weighted by molar-refractivity contribution is 5.03. The number of hydrogen-bond donors (Lipinski definition) is 2. The molecule has 0 amide bonds. The van der Waals surface area contributed by atoms with E-state index < -0.39 is 11.4 Å². The molecule has 0 aliphatic rings. The molecule has 4 heteroatoms. The van der Waals surface area contributed by atoms with Crippen LogP contribution in [0.3, 0.4) is 0 Å². The smallest absolute Gasteiger partial charge is 0.284 e. The number of hydrogen-bond acceptors (Lipinski definition) is 2. The highest BCUT2D eigenvalue weighted by Crippen LogP contribution is 1.91. The monoisotopic (exact) mass is 143 g/mol. The first-order valence-electron chi connectivity index (χ1n) is 2.72. The maximum absolute atomic E-state index is 12.2. The molecule has 0 saturated carbocycles. The Morgan fingerprint density at radius 3 is 2.80 bits per heavy atom. The summed E-state index contributed by atoms with van der Waals surface area (Å²) in [6, 6.07) is 2.33. The summed E-state index contributed by atoms with van der Waals surface area (Å²) in [6.45, 7) is -0.282. The van der Waals surface area contributed by atoms with E-state index in [1.54, 1.807) is 0 Å². The first-order chi connectivity index (χ1) is 4.74. The van der Waals surface area contributed by atoms with Crippen LogP contribution in [0.25, 0.3) is 0 Å². The average molecular weight is 143 g/mol. The van der Waals surface area contributed by atoms with Crippen molar-refractivity contribution in [2.45, 2.75) is 6.61 Å². The molecule has 1 heterocycles. The van der Waals surface area contributed by atoms with Gasteiger partial charge in [-0.05, 0) is 12.1 Å². The van der Waals surface area contributed by atoms with E-state index in [0.29, 0.717) is 5.69 Å². The molecule has 54 valence electrons. The van der Waals surface area contributed by atoms with Gasteiger partial charge in [0.15, 0.2) is 5.82 Å². The summed E-state index contributed by atoms with van der Waals surface area (Å²) in [4.78, 5) is 12.6. The summed E-state index contributed by atoms with van der Waals surface area (Å²) in [5, 5.41) is 8.46. The third kappa shape index (κ3) is 1.22. The van der Waals surface area contributed by atoms with Gasteiger partial charge in [0.05, 0.1) is 6.61 Å². The minimum atomic E-state index is -0.836. The molecule has 0 aliphatic carbocycles. The minimum absolute atomic E-state index is 0.282. The first kappa shape index (κ1) is 6.95. The lowest BCUT2D eigenvalue weighted by molar-refractivity contribution is 0.276. The molecular formula is C6H6FNO2. The molecular weight excluding hydrogens is 137 g/mol. The highest BCUT2D eigenvalue weighted by atomic mass is 19.1. The van der Waals surface area contributed by atoms with E-state index in [1.165, 1.54) is 6.07 Å². The second-order valence-corrected chi connectivity index (χ2v) is 1.82. The van der Waals surface area contributed by atoms with Crippen molar-refractivity contribution < 1.29 is 9.50 Å². The molecule has 0 fully saturated rings. The molecule has 0 aromatic carbocycles. The Morgan fingerprint density at radius 2 is 2.30 bits per heavy atom. The maximum Gasteiger partial charge on any atom is 0.284 e. The molecule has 10 heavy (non-hydrogen) atoms. The Morgan fingerprint density at radius 1 is 1.60 bits per heavy atom. The molecule has 0 radical (unpaired) electrons. The lowest BCUT2D eigenvalue weighted by atomic mass is 10.4. The quantitative estimate of drug-likeness (QED) is 0.581. The van der Waals surface area contributed by atoms with Gasteiger partial charge in [-0.3, -0.25) is 4.79 Å². The molecule has 1 aromatic rings. The first-order valence-corrected chi connectivity index (χ1v) is 2.72. The summed E-state index contributed by atoms with van der Waals surface area (Å²) in [5.41, 5.74) is -0.488. The van der Waals surface area contributed by atoms with Crippen molar-refractivity contribution in [3.8, 4) is 0 Å². The molecule has 0 atom stereocenters. The van der Waals surface area contributed by atoms with E-state index in [-0.39, 0.29) is 6.61 Å². The zero-order valence-corrected chi connectivity index (χ0v) is 5.10. The van der Waals surface area contributed by atoms with Crippen LogP contribution in [0.1, 0.15) is 5.69 Å². The van der Waals surface area contributed by atoms with Crippen molar-refractivity contribution in [2.24, 2.45) is 0 Å². The third-order valence-electron chi connectivity index (χ3n) is 1.09. The number of nitrogens with one attached hydrogen (secondary N) is 1. The van der Waals surface area contributed by atoms with Crippen LogP contribution >= 0.6 is 0 Å². The minimum Gasteiger partial charge on any atom is -0.390 e. The van der Waals surface area contributed by atoms with Crippen molar-refractivity contribution in [1.82, 2.24) is 4.98 Å². The second kappa shape index (κ2) is 2.62. The van der Waals surface area contributed by atoms with Crippen LogP contribution in [0.4, 0.5) is 4.39 Å². The van der Waals surface area contributed by atoms with Crippen molar-refractivity contribution in [3.05, 3.63) is 34.0 Å². The predicted octanol–water partition coefficient (Wildman–Crippen LogP) is 0.00630. The summed E-state index contributed by atoms with van der Waals surface area (Å²) in [7, 11) is 0. The maximum atomic E-state index is 12.2. The second-order valence-electron chi connectivity index (χ2n) is 1.82. The molecule has 1 rings (SSSR count). The predicted molar refractivity (Wildman–Crippen MR) is 32.9 cm³/mol. The van der Waals surface area contributed by atoms with Crippen LogP contribution in [-0.2, 0) is 6.61 Å². The van der Waals surface area contributed by atoms with Crippen LogP contribution in [0, 0.1) is 5.82 Å². The van der Waals surface area contributed by atoms with E-state index >= 15 is 0 Å². The molecule has 0 unspecified atom stereocenters. The lowest BCUT2D eigenvalue weighted by Gasteiger charge is -1.92. The molecule has 0 aliphatic heterocycles. The van der Waals surface area contributed by atoms with E-state index in [2.05, 4.69) is 4.98 Å². The number of aromatic amines is 1. The van der Waals surface area contributed by atoms with Gasteiger partial charge >= 0.3 is 0 Å². The summed E-state index contributed by atoms with van der Waals surface area (Å²) in [5.74, 6) is -0.836. The van der Waals surface area contributed by atoms with E-state index in [9.17, 15) is 9.18 Å². The van der Waals surface area contributed by atoms with Gasteiger partial charge in [0.1, 0.15) is 0 Å². The van der Waals surface area contributed by atoms with Gasteiger partial charge in [-0.15, -0.1) is 0 Å². The molecule has 2 N–H and O–H groups in total. The molecule has 0 saturated heterocycles. The fraction of sp³-hybridized carbons (Fsp3) is 0.167. The largest absolute Gasteiger partial charge is 0.390 e. The van der Waals surface area contributed by atoms with Crippen molar-refractivity contribution in [1.29, 1.82) is 0 Å². The topological polar surface area (TPSA) is 53.1 Å². The van der Waals surface area contributed by atoms with Gasteiger partial charge in [-0.2, -0.15) is 0 Å². The number of H-pyrrole nitrogens is 1. The summed E-state index contributed by atoms with van der Waals surface area (Å²) in [6.07, 6.45) is 0. The Balaban J connectivity index is 3.17. The van der Waals surface area contributed by atoms with Gasteiger partial charge in [0.2, 0.25) is 0 Å². The fourth-order valence-corrected chi connectivity index (χ4v) is 0.589. The fourth-order valence-electron chi connectivity index (χ4n) is 0.589. The number of aromatic nitrogens is 1. The van der Waals surface area contributed by atoms with Gasteiger partial charge in [-0.25, -0.2) is 4.39 Å². The van der Waals surface area contributed by atoms with Crippen molar-refractivity contribution >= 4 is 0 Å². The summed E-state index contributed by atoms with van der Waals surface area (Å²) < 4.78 is 12.2. The zero-order valence-electron chi connectivity index (χ0n) is 5.10. The van der Waals surface area contributed by atoms with Crippen LogP contribution in [0.2, 0.25) is 0 Å². The van der Waals surface area contributed by atoms with Crippen molar-refractivity contribution in [2.75, 3.05) is 0 Å². The Bertz CT molecular complexity index is 281. The van der Waals surface area contributed by atoms with E-state index in [4.69, 9.17) is 5.11 Å². The SMILES string of the molecule is O=c1[nH]c(CO)ccc1F. The Hall–Kier alpha value is -1.16. The van der Waals surface area contributed by atoms with Crippen LogP contribution < -0.4 is 5.56 Å². The van der Waals surface area contributed by atoms with Crippen LogP contribution in [-0.4, -0.2) is 10.1 Å². The molecule has 0 spiro atoms. The highest BCUT2D eigenvalue weighted by Gasteiger charge is 1.96.